The van der Waals surface area contributed by atoms with Gasteiger partial charge in [0, 0.05) is 36.3 Å². The Morgan fingerprint density at radius 2 is 2.45 bits per heavy atom. The van der Waals surface area contributed by atoms with E-state index in [0.717, 1.165) is 25.8 Å². The molecule has 0 unspecified atom stereocenters. The molecule has 5 nitrogen and oxygen atoms in total. The number of aryl methyl sites for hydroxylation is 1. The third kappa shape index (κ3) is 3.75. The molecule has 0 bridgehead atoms. The molecule has 0 aromatic carbocycles. The fourth-order valence-electron chi connectivity index (χ4n) is 3.03. The first-order valence-corrected chi connectivity index (χ1v) is 8.62. The van der Waals surface area contributed by atoms with Gasteiger partial charge in [-0.25, -0.2) is 0 Å². The van der Waals surface area contributed by atoms with Crippen LogP contribution >= 0.6 is 11.3 Å². The Morgan fingerprint density at radius 1 is 1.55 bits per heavy atom. The van der Waals surface area contributed by atoms with Gasteiger partial charge in [-0.2, -0.15) is 5.10 Å². The number of hydrogen-bond donors (Lipinski definition) is 1. The number of thiophene rings is 1. The van der Waals surface area contributed by atoms with Crippen molar-refractivity contribution in [3.63, 3.8) is 0 Å². The van der Waals surface area contributed by atoms with Crippen LogP contribution in [0.15, 0.2) is 29.9 Å². The summed E-state index contributed by atoms with van der Waals surface area (Å²) >= 11 is 1.74. The Bertz CT molecular complexity index is 607. The average molecular weight is 318 g/mol. The van der Waals surface area contributed by atoms with Crippen LogP contribution in [0.2, 0.25) is 0 Å². The van der Waals surface area contributed by atoms with Crippen molar-refractivity contribution in [2.45, 2.75) is 25.3 Å². The molecule has 118 valence electrons. The fraction of sp³-hybridized carbons (Fsp3) is 0.500. The summed E-state index contributed by atoms with van der Waals surface area (Å²) in [6.45, 7) is 2.17. The highest BCUT2D eigenvalue weighted by Gasteiger charge is 2.28. The van der Waals surface area contributed by atoms with Gasteiger partial charge in [-0.15, -0.1) is 11.3 Å². The number of nitrogens with one attached hydrogen (secondary N) is 1. The number of hydrogen-bond acceptors (Lipinski definition) is 4. The van der Waals surface area contributed by atoms with Gasteiger partial charge in [0.25, 0.3) is 0 Å². The zero-order valence-corrected chi connectivity index (χ0v) is 13.7. The topological polar surface area (TPSA) is 50.2 Å². The molecule has 0 radical (unpaired) electrons. The first-order valence-electron chi connectivity index (χ1n) is 7.74. The molecule has 1 atom stereocenters. The lowest BCUT2D eigenvalue weighted by molar-refractivity contribution is -0.122. The second-order valence-corrected chi connectivity index (χ2v) is 6.79. The molecule has 22 heavy (non-hydrogen) atoms. The van der Waals surface area contributed by atoms with Crippen LogP contribution in [0.1, 0.15) is 29.3 Å². The molecular formula is C16H22N4OS. The Kier molecular flexibility index (Phi) is 4.90. The van der Waals surface area contributed by atoms with Crippen LogP contribution in [0.25, 0.3) is 0 Å². The standard InChI is InChI=1S/C16H22N4OS/c1-19-11-13(10-18-19)15-5-2-8-20(15)12-16(21)17-7-6-14-4-3-9-22-14/h3-4,9-11,15H,2,5-8,12H2,1H3,(H,17,21)/t15-/m1/s1. The van der Waals surface area contributed by atoms with E-state index in [1.807, 2.05) is 24.0 Å². The first kappa shape index (κ1) is 15.2. The Morgan fingerprint density at radius 3 is 3.18 bits per heavy atom. The van der Waals surface area contributed by atoms with Crippen molar-refractivity contribution in [3.8, 4) is 0 Å². The van der Waals surface area contributed by atoms with Crippen molar-refractivity contribution in [2.24, 2.45) is 7.05 Å². The molecule has 6 heteroatoms. The molecule has 1 aliphatic rings. The van der Waals surface area contributed by atoms with Crippen LogP contribution in [-0.4, -0.2) is 40.2 Å². The van der Waals surface area contributed by atoms with Crippen molar-refractivity contribution in [2.75, 3.05) is 19.6 Å². The number of likely N-dealkylation sites (tertiary alicyclic amines) is 1. The minimum absolute atomic E-state index is 0.118. The summed E-state index contributed by atoms with van der Waals surface area (Å²) in [5.74, 6) is 0.118. The van der Waals surface area contributed by atoms with Crippen molar-refractivity contribution < 1.29 is 4.79 Å². The van der Waals surface area contributed by atoms with E-state index in [4.69, 9.17) is 0 Å². The summed E-state index contributed by atoms with van der Waals surface area (Å²) < 4.78 is 1.83. The molecule has 1 amide bonds. The SMILES string of the molecule is Cn1cc([C@H]2CCCN2CC(=O)NCCc2cccs2)cn1. The third-order valence-electron chi connectivity index (χ3n) is 4.09. The van der Waals surface area contributed by atoms with Gasteiger partial charge in [-0.05, 0) is 37.3 Å². The average Bonchev–Trinajstić information content (AvgIpc) is 3.20. The lowest BCUT2D eigenvalue weighted by Gasteiger charge is -2.22. The van der Waals surface area contributed by atoms with Gasteiger partial charge in [-0.3, -0.25) is 14.4 Å². The maximum atomic E-state index is 12.1. The van der Waals surface area contributed by atoms with Crippen LogP contribution < -0.4 is 5.32 Å². The van der Waals surface area contributed by atoms with Gasteiger partial charge in [0.15, 0.2) is 0 Å². The number of carbonyl (C=O) groups is 1. The maximum Gasteiger partial charge on any atom is 0.234 e. The summed E-state index contributed by atoms with van der Waals surface area (Å²) in [5.41, 5.74) is 1.21. The molecule has 3 heterocycles. The molecule has 1 aliphatic heterocycles. The van der Waals surface area contributed by atoms with Gasteiger partial charge in [0.1, 0.15) is 0 Å². The Hall–Kier alpha value is -1.66. The van der Waals surface area contributed by atoms with E-state index < -0.39 is 0 Å². The quantitative estimate of drug-likeness (QED) is 0.886. The summed E-state index contributed by atoms with van der Waals surface area (Å²) in [5, 5.41) is 9.34. The summed E-state index contributed by atoms with van der Waals surface area (Å²) in [6, 6.07) is 4.48. The van der Waals surface area contributed by atoms with E-state index >= 15 is 0 Å². The number of carbonyl (C=O) groups excluding carboxylic acids is 1. The second kappa shape index (κ2) is 7.07. The van der Waals surface area contributed by atoms with Crippen molar-refractivity contribution >= 4 is 17.2 Å². The summed E-state index contributed by atoms with van der Waals surface area (Å²) in [6.07, 6.45) is 7.13. The molecule has 0 saturated carbocycles. The molecule has 1 fully saturated rings. The second-order valence-electron chi connectivity index (χ2n) is 5.76. The van der Waals surface area contributed by atoms with Gasteiger partial charge < -0.3 is 5.32 Å². The number of nitrogens with zero attached hydrogens (tertiary/aromatic N) is 3. The van der Waals surface area contributed by atoms with Crippen molar-refractivity contribution in [1.29, 1.82) is 0 Å². The fourth-order valence-corrected chi connectivity index (χ4v) is 3.73. The van der Waals surface area contributed by atoms with Crippen LogP contribution in [0.4, 0.5) is 0 Å². The van der Waals surface area contributed by atoms with Gasteiger partial charge in [-0.1, -0.05) is 6.07 Å². The lowest BCUT2D eigenvalue weighted by Crippen LogP contribution is -2.37. The molecule has 2 aromatic heterocycles. The Labute approximate surface area is 134 Å². The molecule has 1 N–H and O–H groups in total. The predicted octanol–water partition coefficient (Wildman–Crippen LogP) is 1.98. The molecule has 0 spiro atoms. The zero-order chi connectivity index (χ0) is 15.4. The third-order valence-corrected chi connectivity index (χ3v) is 5.03. The van der Waals surface area contributed by atoms with Crippen molar-refractivity contribution in [1.82, 2.24) is 20.0 Å². The molecule has 3 rings (SSSR count). The minimum atomic E-state index is 0.118. The van der Waals surface area contributed by atoms with Gasteiger partial charge in [0.2, 0.25) is 5.91 Å². The van der Waals surface area contributed by atoms with E-state index in [0.29, 0.717) is 19.1 Å². The summed E-state index contributed by atoms with van der Waals surface area (Å²) in [7, 11) is 1.93. The maximum absolute atomic E-state index is 12.1. The van der Waals surface area contributed by atoms with Crippen LogP contribution in [0, 0.1) is 0 Å². The Balaban J connectivity index is 1.47. The van der Waals surface area contributed by atoms with Gasteiger partial charge >= 0.3 is 0 Å². The summed E-state index contributed by atoms with van der Waals surface area (Å²) in [4.78, 5) is 15.7. The highest BCUT2D eigenvalue weighted by molar-refractivity contribution is 7.09. The van der Waals surface area contributed by atoms with Crippen LogP contribution in [0.5, 0.6) is 0 Å². The molecule has 2 aromatic rings. The van der Waals surface area contributed by atoms with E-state index in [-0.39, 0.29) is 5.91 Å². The highest BCUT2D eigenvalue weighted by atomic mass is 32.1. The predicted molar refractivity (Wildman–Crippen MR) is 87.8 cm³/mol. The van der Waals surface area contributed by atoms with Crippen molar-refractivity contribution in [3.05, 3.63) is 40.3 Å². The normalized spacial score (nSPS) is 18.7. The van der Waals surface area contributed by atoms with E-state index in [9.17, 15) is 4.79 Å². The minimum Gasteiger partial charge on any atom is -0.355 e. The highest BCUT2D eigenvalue weighted by Crippen LogP contribution is 2.30. The van der Waals surface area contributed by atoms with Gasteiger partial charge in [0.05, 0.1) is 12.7 Å². The smallest absolute Gasteiger partial charge is 0.234 e. The number of amides is 1. The van der Waals surface area contributed by atoms with Crippen LogP contribution in [-0.2, 0) is 18.3 Å². The zero-order valence-electron chi connectivity index (χ0n) is 12.9. The number of aromatic nitrogens is 2. The van der Waals surface area contributed by atoms with E-state index in [1.54, 1.807) is 11.3 Å². The largest absolute Gasteiger partial charge is 0.355 e. The molecular weight excluding hydrogens is 296 g/mol. The first-order chi connectivity index (χ1) is 10.7. The van der Waals surface area contributed by atoms with E-state index in [1.165, 1.54) is 10.4 Å². The molecule has 0 aliphatic carbocycles. The molecule has 1 saturated heterocycles. The monoisotopic (exact) mass is 318 g/mol. The number of rotatable bonds is 6. The van der Waals surface area contributed by atoms with Crippen LogP contribution in [0.3, 0.4) is 0 Å². The lowest BCUT2D eigenvalue weighted by atomic mass is 10.1. The van der Waals surface area contributed by atoms with E-state index in [2.05, 4.69) is 33.0 Å².